The number of hydrogen-bond acceptors (Lipinski definition) is 3. The van der Waals surface area contributed by atoms with Gasteiger partial charge in [0.1, 0.15) is 5.82 Å². The molecule has 6 nitrogen and oxygen atoms in total. The van der Waals surface area contributed by atoms with Gasteiger partial charge in [-0.05, 0) is 42.5 Å². The van der Waals surface area contributed by atoms with Crippen LogP contribution in [0, 0.1) is 5.82 Å². The van der Waals surface area contributed by atoms with Gasteiger partial charge in [0.2, 0.25) is 5.95 Å². The van der Waals surface area contributed by atoms with Gasteiger partial charge >= 0.3 is 0 Å². The lowest BCUT2D eigenvalue weighted by Gasteiger charge is -2.01. The molecule has 4 aromatic rings. The molecule has 0 saturated heterocycles. The Labute approximate surface area is 136 Å². The first-order valence-electron chi connectivity index (χ1n) is 7.27. The summed E-state index contributed by atoms with van der Waals surface area (Å²) in [5.41, 5.74) is 2.51. The summed E-state index contributed by atoms with van der Waals surface area (Å²) < 4.78 is 14.5. The van der Waals surface area contributed by atoms with Crippen molar-refractivity contribution in [2.45, 2.75) is 0 Å². The number of anilines is 1. The number of nitrogens with zero attached hydrogens (tertiary/aromatic N) is 3. The molecule has 2 N–H and O–H groups in total. The maximum Gasteiger partial charge on any atom is 0.278 e. The van der Waals surface area contributed by atoms with Crippen LogP contribution in [0.2, 0.25) is 0 Å². The summed E-state index contributed by atoms with van der Waals surface area (Å²) in [6, 6.07) is 14.9. The number of hydrogen-bond donors (Lipinski definition) is 2. The number of rotatable bonds is 3. The van der Waals surface area contributed by atoms with Crippen LogP contribution < -0.4 is 5.32 Å². The zero-order valence-electron chi connectivity index (χ0n) is 12.4. The van der Waals surface area contributed by atoms with Crippen LogP contribution in [-0.4, -0.2) is 25.7 Å². The Morgan fingerprint density at radius 3 is 2.67 bits per heavy atom. The minimum Gasteiger partial charge on any atom is -0.324 e. The lowest BCUT2D eigenvalue weighted by molar-refractivity contribution is 0.102. The van der Waals surface area contributed by atoms with Crippen LogP contribution >= 0.6 is 0 Å². The third-order valence-electron chi connectivity index (χ3n) is 3.53. The molecule has 0 spiro atoms. The number of carbonyl (C=O) groups is 1. The average molecular weight is 321 g/mol. The minimum atomic E-state index is -0.380. The Bertz CT molecular complexity index is 986. The summed E-state index contributed by atoms with van der Waals surface area (Å²) in [5.74, 6) is -0.346. The smallest absolute Gasteiger partial charge is 0.278 e. The van der Waals surface area contributed by atoms with Gasteiger partial charge in [0.15, 0.2) is 5.69 Å². The SMILES string of the molecule is O=C(Nc1nc2ccccc2[nH]1)c1ccn(-c2ccc(F)cc2)n1. The van der Waals surface area contributed by atoms with E-state index in [1.165, 1.54) is 16.8 Å². The lowest BCUT2D eigenvalue weighted by atomic mass is 10.3. The van der Waals surface area contributed by atoms with E-state index < -0.39 is 0 Å². The predicted octanol–water partition coefficient (Wildman–Crippen LogP) is 3.14. The topological polar surface area (TPSA) is 75.6 Å². The zero-order valence-corrected chi connectivity index (χ0v) is 12.4. The number of aromatic amines is 1. The van der Waals surface area contributed by atoms with E-state index in [-0.39, 0.29) is 17.4 Å². The number of benzene rings is 2. The van der Waals surface area contributed by atoms with Gasteiger partial charge in [0.25, 0.3) is 5.91 Å². The summed E-state index contributed by atoms with van der Waals surface area (Å²) in [6.45, 7) is 0. The van der Waals surface area contributed by atoms with Gasteiger partial charge in [-0.2, -0.15) is 5.10 Å². The molecule has 0 aliphatic rings. The average Bonchev–Trinajstić information content (AvgIpc) is 3.21. The summed E-state index contributed by atoms with van der Waals surface area (Å²) in [5, 5.41) is 6.88. The van der Waals surface area contributed by atoms with Crippen LogP contribution in [0.15, 0.2) is 60.8 Å². The summed E-state index contributed by atoms with van der Waals surface area (Å²) in [7, 11) is 0. The molecule has 0 aliphatic carbocycles. The van der Waals surface area contributed by atoms with E-state index in [1.54, 1.807) is 24.4 Å². The van der Waals surface area contributed by atoms with Crippen molar-refractivity contribution in [3.8, 4) is 5.69 Å². The van der Waals surface area contributed by atoms with Crippen molar-refractivity contribution >= 4 is 22.9 Å². The van der Waals surface area contributed by atoms with Crippen molar-refractivity contribution in [3.05, 3.63) is 72.3 Å². The Balaban J connectivity index is 1.55. The number of H-pyrrole nitrogens is 1. The predicted molar refractivity (Wildman–Crippen MR) is 87.6 cm³/mol. The normalized spacial score (nSPS) is 10.9. The molecule has 0 bridgehead atoms. The van der Waals surface area contributed by atoms with Gasteiger partial charge in [-0.25, -0.2) is 14.1 Å². The van der Waals surface area contributed by atoms with Crippen LogP contribution in [0.1, 0.15) is 10.5 Å². The first kappa shape index (κ1) is 14.1. The molecule has 0 radical (unpaired) electrons. The van der Waals surface area contributed by atoms with Crippen molar-refractivity contribution in [3.63, 3.8) is 0 Å². The Kier molecular flexibility index (Phi) is 3.31. The second kappa shape index (κ2) is 5.62. The number of fused-ring (bicyclic) bond motifs is 1. The van der Waals surface area contributed by atoms with E-state index in [4.69, 9.17) is 0 Å². The van der Waals surface area contributed by atoms with Crippen LogP contribution in [0.25, 0.3) is 16.7 Å². The Morgan fingerprint density at radius 2 is 1.88 bits per heavy atom. The van der Waals surface area contributed by atoms with Crippen LogP contribution in [-0.2, 0) is 0 Å². The van der Waals surface area contributed by atoms with E-state index in [0.717, 1.165) is 11.0 Å². The largest absolute Gasteiger partial charge is 0.324 e. The second-order valence-corrected chi connectivity index (χ2v) is 5.18. The maximum absolute atomic E-state index is 13.0. The van der Waals surface area contributed by atoms with Crippen molar-refractivity contribution < 1.29 is 9.18 Å². The van der Waals surface area contributed by atoms with E-state index >= 15 is 0 Å². The molecular formula is C17H12FN5O. The molecule has 118 valence electrons. The van der Waals surface area contributed by atoms with E-state index in [9.17, 15) is 9.18 Å². The standard InChI is InChI=1S/C17H12FN5O/c18-11-5-7-12(8-6-11)23-10-9-15(22-23)16(24)21-17-19-13-3-1-2-4-14(13)20-17/h1-10H,(H2,19,20,21,24). The number of amides is 1. The fourth-order valence-corrected chi connectivity index (χ4v) is 2.37. The highest BCUT2D eigenvalue weighted by Gasteiger charge is 2.12. The van der Waals surface area contributed by atoms with Gasteiger partial charge in [0, 0.05) is 6.20 Å². The van der Waals surface area contributed by atoms with Crippen molar-refractivity contribution in [1.29, 1.82) is 0 Å². The van der Waals surface area contributed by atoms with Crippen molar-refractivity contribution in [1.82, 2.24) is 19.7 Å². The maximum atomic E-state index is 13.0. The highest BCUT2D eigenvalue weighted by molar-refractivity contribution is 6.02. The van der Waals surface area contributed by atoms with Gasteiger partial charge in [-0.15, -0.1) is 0 Å². The fourth-order valence-electron chi connectivity index (χ4n) is 2.37. The molecule has 1 amide bonds. The number of nitrogens with one attached hydrogen (secondary N) is 2. The van der Waals surface area contributed by atoms with Crippen LogP contribution in [0.5, 0.6) is 0 Å². The van der Waals surface area contributed by atoms with Crippen LogP contribution in [0.3, 0.4) is 0 Å². The number of imidazole rings is 1. The number of para-hydroxylation sites is 2. The molecule has 0 saturated carbocycles. The van der Waals surface area contributed by atoms with Crippen molar-refractivity contribution in [2.75, 3.05) is 5.32 Å². The quantitative estimate of drug-likeness (QED) is 0.608. The minimum absolute atomic E-state index is 0.236. The molecule has 4 rings (SSSR count). The van der Waals surface area contributed by atoms with E-state index in [1.807, 2.05) is 24.3 Å². The first-order valence-corrected chi connectivity index (χ1v) is 7.27. The third kappa shape index (κ3) is 2.63. The van der Waals surface area contributed by atoms with Crippen LogP contribution in [0.4, 0.5) is 10.3 Å². The molecule has 0 unspecified atom stereocenters. The molecule has 0 atom stereocenters. The van der Waals surface area contributed by atoms with E-state index in [2.05, 4.69) is 20.4 Å². The highest BCUT2D eigenvalue weighted by Crippen LogP contribution is 2.14. The van der Waals surface area contributed by atoms with Gasteiger partial charge in [0.05, 0.1) is 16.7 Å². The Hall–Kier alpha value is -3.48. The number of aromatic nitrogens is 4. The fraction of sp³-hybridized carbons (Fsp3) is 0. The lowest BCUT2D eigenvalue weighted by Crippen LogP contribution is -2.14. The summed E-state index contributed by atoms with van der Waals surface area (Å²) in [6.07, 6.45) is 1.64. The number of halogens is 1. The molecule has 7 heteroatoms. The van der Waals surface area contributed by atoms with Gasteiger partial charge < -0.3 is 4.98 Å². The molecule has 0 aliphatic heterocycles. The highest BCUT2D eigenvalue weighted by atomic mass is 19.1. The molecule has 2 heterocycles. The van der Waals surface area contributed by atoms with Gasteiger partial charge in [-0.1, -0.05) is 12.1 Å². The number of carbonyl (C=O) groups excluding carboxylic acids is 1. The third-order valence-corrected chi connectivity index (χ3v) is 3.53. The molecule has 24 heavy (non-hydrogen) atoms. The van der Waals surface area contributed by atoms with Crippen molar-refractivity contribution in [2.24, 2.45) is 0 Å². The second-order valence-electron chi connectivity index (χ2n) is 5.18. The molecular weight excluding hydrogens is 309 g/mol. The van der Waals surface area contributed by atoms with E-state index in [0.29, 0.717) is 11.6 Å². The summed E-state index contributed by atoms with van der Waals surface area (Å²) >= 11 is 0. The zero-order chi connectivity index (χ0) is 16.5. The monoisotopic (exact) mass is 321 g/mol. The molecule has 2 aromatic heterocycles. The molecule has 0 fully saturated rings. The van der Waals surface area contributed by atoms with Gasteiger partial charge in [-0.3, -0.25) is 10.1 Å². The molecule has 2 aromatic carbocycles. The summed E-state index contributed by atoms with van der Waals surface area (Å²) in [4.78, 5) is 19.6. The Morgan fingerprint density at radius 1 is 1.08 bits per heavy atom. The first-order chi connectivity index (χ1) is 11.7.